The first-order valence-electron chi connectivity index (χ1n) is 8.19. The van der Waals surface area contributed by atoms with Gasteiger partial charge in [-0.05, 0) is 36.5 Å². The fourth-order valence-corrected chi connectivity index (χ4v) is 2.43. The second-order valence-corrected chi connectivity index (χ2v) is 6.15. The minimum Gasteiger partial charge on any atom is -0.378 e. The number of amides is 1. The van der Waals surface area contributed by atoms with Gasteiger partial charge in [-0.25, -0.2) is 4.98 Å². The van der Waals surface area contributed by atoms with Crippen LogP contribution in [0.2, 0.25) is 0 Å². The molecule has 0 atom stereocenters. The zero-order chi connectivity index (χ0) is 15.8. The van der Waals surface area contributed by atoms with Crippen molar-refractivity contribution in [3.05, 3.63) is 23.9 Å². The number of ether oxygens (including phenoxy) is 1. The molecule has 0 spiro atoms. The van der Waals surface area contributed by atoms with Gasteiger partial charge in [0, 0.05) is 32.3 Å². The van der Waals surface area contributed by atoms with E-state index in [4.69, 9.17) is 4.74 Å². The normalized spacial score (nSPS) is 15.1. The van der Waals surface area contributed by atoms with Crippen molar-refractivity contribution in [2.75, 3.05) is 37.7 Å². The van der Waals surface area contributed by atoms with Crippen LogP contribution in [0.1, 0.15) is 32.3 Å². The SMILES string of the molecule is CC(C)CCNC(=O)CCc1ccnc(N2CCOCC2)c1. The van der Waals surface area contributed by atoms with Crippen LogP contribution in [0, 0.1) is 5.92 Å². The Balaban J connectivity index is 1.79. The maximum Gasteiger partial charge on any atom is 0.220 e. The van der Waals surface area contributed by atoms with Crippen molar-refractivity contribution in [1.82, 2.24) is 10.3 Å². The number of nitrogens with zero attached hydrogens (tertiary/aromatic N) is 2. The summed E-state index contributed by atoms with van der Waals surface area (Å²) in [5, 5.41) is 2.98. The van der Waals surface area contributed by atoms with Crippen molar-refractivity contribution in [2.24, 2.45) is 5.92 Å². The van der Waals surface area contributed by atoms with E-state index in [1.165, 1.54) is 0 Å². The highest BCUT2D eigenvalue weighted by Crippen LogP contribution is 2.15. The van der Waals surface area contributed by atoms with E-state index in [0.717, 1.165) is 57.1 Å². The molecule has 2 heterocycles. The molecule has 5 nitrogen and oxygen atoms in total. The van der Waals surface area contributed by atoms with E-state index in [2.05, 4.69) is 35.1 Å². The Bertz CT molecular complexity index is 471. The van der Waals surface area contributed by atoms with Gasteiger partial charge < -0.3 is 15.0 Å². The molecule has 122 valence electrons. The monoisotopic (exact) mass is 305 g/mol. The van der Waals surface area contributed by atoms with Crippen LogP contribution >= 0.6 is 0 Å². The molecular weight excluding hydrogens is 278 g/mol. The van der Waals surface area contributed by atoms with Gasteiger partial charge in [0.2, 0.25) is 5.91 Å². The maximum absolute atomic E-state index is 11.8. The van der Waals surface area contributed by atoms with Gasteiger partial charge in [0.1, 0.15) is 5.82 Å². The van der Waals surface area contributed by atoms with Crippen molar-refractivity contribution in [3.63, 3.8) is 0 Å². The second-order valence-electron chi connectivity index (χ2n) is 6.15. The summed E-state index contributed by atoms with van der Waals surface area (Å²) in [5.41, 5.74) is 1.16. The quantitative estimate of drug-likeness (QED) is 0.837. The number of pyridine rings is 1. The predicted molar refractivity (Wildman–Crippen MR) is 88.1 cm³/mol. The average Bonchev–Trinajstić information content (AvgIpc) is 2.54. The van der Waals surface area contributed by atoms with Crippen LogP contribution in [0.5, 0.6) is 0 Å². The van der Waals surface area contributed by atoms with E-state index >= 15 is 0 Å². The lowest BCUT2D eigenvalue weighted by Gasteiger charge is -2.28. The minimum atomic E-state index is 0.130. The number of nitrogens with one attached hydrogen (secondary N) is 1. The summed E-state index contributed by atoms with van der Waals surface area (Å²) in [6.07, 6.45) is 4.15. The molecule has 0 saturated carbocycles. The Morgan fingerprint density at radius 1 is 1.41 bits per heavy atom. The maximum atomic E-state index is 11.8. The number of morpholine rings is 1. The third kappa shape index (κ3) is 5.64. The molecule has 1 aliphatic rings. The molecule has 0 aromatic carbocycles. The number of hydrogen-bond donors (Lipinski definition) is 1. The smallest absolute Gasteiger partial charge is 0.220 e. The molecule has 1 aromatic rings. The standard InChI is InChI=1S/C17H27N3O2/c1-14(2)5-7-19-17(21)4-3-15-6-8-18-16(13-15)20-9-11-22-12-10-20/h6,8,13-14H,3-5,7,9-12H2,1-2H3,(H,19,21). The summed E-state index contributed by atoms with van der Waals surface area (Å²) in [6.45, 7) is 8.37. The molecule has 5 heteroatoms. The van der Waals surface area contributed by atoms with Crippen LogP contribution < -0.4 is 10.2 Å². The van der Waals surface area contributed by atoms with Crippen molar-refractivity contribution in [1.29, 1.82) is 0 Å². The highest BCUT2D eigenvalue weighted by molar-refractivity contribution is 5.76. The summed E-state index contributed by atoms with van der Waals surface area (Å²) in [6, 6.07) is 4.08. The minimum absolute atomic E-state index is 0.130. The third-order valence-electron chi connectivity index (χ3n) is 3.83. The van der Waals surface area contributed by atoms with Crippen molar-refractivity contribution in [2.45, 2.75) is 33.1 Å². The van der Waals surface area contributed by atoms with Crippen molar-refractivity contribution >= 4 is 11.7 Å². The Morgan fingerprint density at radius 3 is 2.91 bits per heavy atom. The first kappa shape index (κ1) is 16.7. The molecule has 1 aromatic heterocycles. The van der Waals surface area contributed by atoms with Gasteiger partial charge in [-0.3, -0.25) is 4.79 Å². The van der Waals surface area contributed by atoms with E-state index < -0.39 is 0 Å². The second kappa shape index (κ2) is 8.73. The van der Waals surface area contributed by atoms with Gasteiger partial charge in [0.15, 0.2) is 0 Å². The third-order valence-corrected chi connectivity index (χ3v) is 3.83. The van der Waals surface area contributed by atoms with Crippen molar-refractivity contribution < 1.29 is 9.53 Å². The van der Waals surface area contributed by atoms with Crippen LogP contribution in [0.15, 0.2) is 18.3 Å². The molecule has 1 amide bonds. The number of hydrogen-bond acceptors (Lipinski definition) is 4. The van der Waals surface area contributed by atoms with E-state index in [0.29, 0.717) is 12.3 Å². The highest BCUT2D eigenvalue weighted by atomic mass is 16.5. The fraction of sp³-hybridized carbons (Fsp3) is 0.647. The molecule has 0 radical (unpaired) electrons. The molecule has 1 fully saturated rings. The summed E-state index contributed by atoms with van der Waals surface area (Å²) < 4.78 is 5.36. The van der Waals surface area contributed by atoms with E-state index in [9.17, 15) is 4.79 Å². The zero-order valence-electron chi connectivity index (χ0n) is 13.7. The molecule has 22 heavy (non-hydrogen) atoms. The molecule has 0 unspecified atom stereocenters. The summed E-state index contributed by atoms with van der Waals surface area (Å²) in [5.74, 6) is 1.74. The molecular formula is C17H27N3O2. The first-order chi connectivity index (χ1) is 10.6. The Morgan fingerprint density at radius 2 is 2.18 bits per heavy atom. The van der Waals surface area contributed by atoms with Crippen molar-refractivity contribution in [3.8, 4) is 0 Å². The number of aromatic nitrogens is 1. The molecule has 1 aliphatic heterocycles. The Labute approximate surface area is 133 Å². The number of aryl methyl sites for hydroxylation is 1. The van der Waals surface area contributed by atoms with E-state index in [1.807, 2.05) is 12.3 Å². The predicted octanol–water partition coefficient (Wildman–Crippen LogP) is 2.01. The van der Waals surface area contributed by atoms with Crippen LogP contribution in [-0.2, 0) is 16.0 Å². The van der Waals surface area contributed by atoms with Gasteiger partial charge in [0.05, 0.1) is 13.2 Å². The van der Waals surface area contributed by atoms with Gasteiger partial charge in [-0.2, -0.15) is 0 Å². The van der Waals surface area contributed by atoms with Crippen LogP contribution in [0.25, 0.3) is 0 Å². The van der Waals surface area contributed by atoms with Crippen LogP contribution in [0.4, 0.5) is 5.82 Å². The molecule has 2 rings (SSSR count). The van der Waals surface area contributed by atoms with E-state index in [-0.39, 0.29) is 5.91 Å². The summed E-state index contributed by atoms with van der Waals surface area (Å²) in [4.78, 5) is 18.5. The lowest BCUT2D eigenvalue weighted by molar-refractivity contribution is -0.121. The fourth-order valence-electron chi connectivity index (χ4n) is 2.43. The number of carbonyl (C=O) groups is 1. The van der Waals surface area contributed by atoms with Gasteiger partial charge in [-0.15, -0.1) is 0 Å². The average molecular weight is 305 g/mol. The van der Waals surface area contributed by atoms with Gasteiger partial charge in [0.25, 0.3) is 0 Å². The lowest BCUT2D eigenvalue weighted by atomic mass is 10.1. The number of carbonyl (C=O) groups excluding carboxylic acids is 1. The Hall–Kier alpha value is -1.62. The molecule has 0 bridgehead atoms. The topological polar surface area (TPSA) is 54.5 Å². The Kier molecular flexibility index (Phi) is 6.65. The lowest BCUT2D eigenvalue weighted by Crippen LogP contribution is -2.36. The largest absolute Gasteiger partial charge is 0.378 e. The van der Waals surface area contributed by atoms with Gasteiger partial charge in [-0.1, -0.05) is 13.8 Å². The van der Waals surface area contributed by atoms with E-state index in [1.54, 1.807) is 0 Å². The molecule has 1 saturated heterocycles. The zero-order valence-corrected chi connectivity index (χ0v) is 13.7. The molecule has 1 N–H and O–H groups in total. The first-order valence-corrected chi connectivity index (χ1v) is 8.19. The highest BCUT2D eigenvalue weighted by Gasteiger charge is 2.12. The summed E-state index contributed by atoms with van der Waals surface area (Å²) in [7, 11) is 0. The van der Waals surface area contributed by atoms with Gasteiger partial charge >= 0.3 is 0 Å². The number of anilines is 1. The number of rotatable bonds is 7. The van der Waals surface area contributed by atoms with Crippen LogP contribution in [-0.4, -0.2) is 43.7 Å². The van der Waals surface area contributed by atoms with Crippen LogP contribution in [0.3, 0.4) is 0 Å². The molecule has 0 aliphatic carbocycles. The summed E-state index contributed by atoms with van der Waals surface area (Å²) >= 11 is 0.